The fourth-order valence-electron chi connectivity index (χ4n) is 12.3. The molecular formula is C45H67NO10. The van der Waals surface area contributed by atoms with E-state index in [4.69, 9.17) is 28.7 Å². The molecular weight excluding hydrogens is 714 g/mol. The SMILES string of the molecule is C=C1CCCC2=NC[C@H](C)[C@@H](C)C[C@@]23CCC(C(=O)CCC(=O)O)=C[C@@H]3[C@@H]2O[C@@]3(C[C@@H](C)C[C@H]2O3)C[C@@H]2O[C@]3(CC[C@@]4(O[C@@H](CC[C@@]4(C)O)C1)O3)C[C@H](C)[C@@H]2O. The molecule has 8 rings (SSSR count). The Bertz CT molecular complexity index is 1620. The molecule has 0 aromatic heterocycles. The van der Waals surface area contributed by atoms with Crippen LogP contribution in [0.15, 0.2) is 28.8 Å². The lowest BCUT2D eigenvalue weighted by Crippen LogP contribution is -2.62. The number of aliphatic hydroxyl groups is 2. The van der Waals surface area contributed by atoms with Gasteiger partial charge in [0.1, 0.15) is 5.60 Å². The first-order valence-corrected chi connectivity index (χ1v) is 21.9. The molecule has 4 spiro atoms. The summed E-state index contributed by atoms with van der Waals surface area (Å²) in [6.07, 6.45) is 9.69. The number of aliphatic carboxylic acids is 1. The summed E-state index contributed by atoms with van der Waals surface area (Å²) in [5.41, 5.74) is 1.43. The van der Waals surface area contributed by atoms with E-state index in [0.29, 0.717) is 75.2 Å². The highest BCUT2D eigenvalue weighted by Gasteiger charge is 2.66. The third-order valence-electron chi connectivity index (χ3n) is 15.6. The molecule has 0 radical (unpaired) electrons. The lowest BCUT2D eigenvalue weighted by molar-refractivity contribution is -0.411. The molecule has 0 saturated carbocycles. The summed E-state index contributed by atoms with van der Waals surface area (Å²) >= 11 is 0. The van der Waals surface area contributed by atoms with Gasteiger partial charge in [0.15, 0.2) is 17.4 Å². The highest BCUT2D eigenvalue weighted by Crippen LogP contribution is 2.59. The van der Waals surface area contributed by atoms with Crippen LogP contribution in [0.3, 0.4) is 0 Å². The van der Waals surface area contributed by atoms with Crippen molar-refractivity contribution in [3.63, 3.8) is 0 Å². The quantitative estimate of drug-likeness (QED) is 0.250. The largest absolute Gasteiger partial charge is 0.481 e. The molecule has 0 unspecified atom stereocenters. The predicted molar refractivity (Wildman–Crippen MR) is 209 cm³/mol. The van der Waals surface area contributed by atoms with Crippen LogP contribution in [-0.2, 0) is 33.3 Å². The van der Waals surface area contributed by atoms with Crippen LogP contribution in [0.1, 0.15) is 144 Å². The van der Waals surface area contributed by atoms with Crippen LogP contribution in [0.25, 0.3) is 0 Å². The lowest BCUT2D eigenvalue weighted by Gasteiger charge is -2.51. The van der Waals surface area contributed by atoms with Crippen molar-refractivity contribution in [2.45, 2.75) is 197 Å². The molecule has 6 saturated heterocycles. The van der Waals surface area contributed by atoms with Gasteiger partial charge in [-0.05, 0) is 100 Å². The molecule has 11 nitrogen and oxygen atoms in total. The lowest BCUT2D eigenvalue weighted by atomic mass is 9.57. The Hall–Kier alpha value is -1.99. The Balaban J connectivity index is 1.21. The third kappa shape index (κ3) is 7.32. The number of carbonyl (C=O) groups excluding carboxylic acids is 1. The van der Waals surface area contributed by atoms with Crippen LogP contribution >= 0.6 is 0 Å². The van der Waals surface area contributed by atoms with Crippen LogP contribution in [-0.4, -0.2) is 92.8 Å². The van der Waals surface area contributed by atoms with Crippen molar-refractivity contribution in [1.29, 1.82) is 0 Å². The number of aliphatic hydroxyl groups excluding tert-OH is 1. The van der Waals surface area contributed by atoms with Crippen LogP contribution in [0.4, 0.5) is 0 Å². The van der Waals surface area contributed by atoms with Gasteiger partial charge in [0.05, 0.1) is 36.9 Å². The van der Waals surface area contributed by atoms with E-state index in [0.717, 1.165) is 50.6 Å². The second-order valence-corrected chi connectivity index (χ2v) is 20.0. The second-order valence-electron chi connectivity index (χ2n) is 20.0. The number of Topliss-reactive ketones (excluding diaryl/α,β-unsaturated/α-hetero) is 1. The number of hydrogen-bond acceptors (Lipinski definition) is 10. The summed E-state index contributed by atoms with van der Waals surface area (Å²) < 4.78 is 35.2. The molecule has 56 heavy (non-hydrogen) atoms. The second kappa shape index (κ2) is 14.9. The maximum Gasteiger partial charge on any atom is 0.303 e. The molecule has 15 atom stereocenters. The fraction of sp³-hybridized carbons (Fsp3) is 0.844. The Morgan fingerprint density at radius 3 is 2.45 bits per heavy atom. The maximum absolute atomic E-state index is 13.7. The molecule has 7 heterocycles. The van der Waals surface area contributed by atoms with Crippen LogP contribution in [0.2, 0.25) is 0 Å². The first-order valence-electron chi connectivity index (χ1n) is 21.9. The molecule has 312 valence electrons. The summed E-state index contributed by atoms with van der Waals surface area (Å²) in [5.74, 6) is -3.66. The van der Waals surface area contributed by atoms with Gasteiger partial charge in [0.25, 0.3) is 0 Å². The van der Waals surface area contributed by atoms with E-state index >= 15 is 0 Å². The van der Waals surface area contributed by atoms with Crippen LogP contribution in [0, 0.1) is 35.0 Å². The van der Waals surface area contributed by atoms with Crippen molar-refractivity contribution in [2.24, 2.45) is 40.0 Å². The Morgan fingerprint density at radius 1 is 0.875 bits per heavy atom. The van der Waals surface area contributed by atoms with Crippen molar-refractivity contribution in [3.8, 4) is 0 Å². The van der Waals surface area contributed by atoms with Gasteiger partial charge in [-0.25, -0.2) is 0 Å². The molecule has 0 amide bonds. The van der Waals surface area contributed by atoms with Gasteiger partial charge >= 0.3 is 5.97 Å². The van der Waals surface area contributed by atoms with E-state index in [1.54, 1.807) is 0 Å². The number of carboxylic acid groups (broad SMARTS) is 1. The van der Waals surface area contributed by atoms with Crippen molar-refractivity contribution >= 4 is 17.5 Å². The van der Waals surface area contributed by atoms with E-state index in [1.807, 2.05) is 13.8 Å². The van der Waals surface area contributed by atoms with Gasteiger partial charge in [-0.3, -0.25) is 14.6 Å². The smallest absolute Gasteiger partial charge is 0.303 e. The minimum Gasteiger partial charge on any atom is -0.481 e. The van der Waals surface area contributed by atoms with Crippen molar-refractivity contribution in [1.82, 2.24) is 0 Å². The van der Waals surface area contributed by atoms with Gasteiger partial charge in [-0.15, -0.1) is 0 Å². The minimum absolute atomic E-state index is 0.0237. The van der Waals surface area contributed by atoms with Gasteiger partial charge < -0.3 is 39.0 Å². The van der Waals surface area contributed by atoms with E-state index in [-0.39, 0.29) is 60.1 Å². The minimum atomic E-state index is -1.23. The van der Waals surface area contributed by atoms with Crippen molar-refractivity contribution < 1.29 is 48.6 Å². The average molecular weight is 782 g/mol. The molecule has 1 aliphatic carbocycles. The molecule has 8 aliphatic rings. The summed E-state index contributed by atoms with van der Waals surface area (Å²) in [7, 11) is 0. The number of fused-ring (bicyclic) bond motifs is 6. The zero-order valence-electron chi connectivity index (χ0n) is 34.4. The zero-order chi connectivity index (χ0) is 39.8. The number of carboxylic acids is 1. The maximum atomic E-state index is 13.7. The number of aliphatic imine (C=N–C) groups is 1. The number of hydrogen-bond donors (Lipinski definition) is 3. The number of carbonyl (C=O) groups is 2. The summed E-state index contributed by atoms with van der Waals surface area (Å²) in [6, 6.07) is 0. The number of rotatable bonds is 4. The summed E-state index contributed by atoms with van der Waals surface area (Å²) in [6.45, 7) is 16.0. The number of ether oxygens (including phenoxy) is 5. The molecule has 0 aromatic rings. The molecule has 7 bridgehead atoms. The Kier molecular flexibility index (Phi) is 10.9. The first-order chi connectivity index (χ1) is 26.5. The zero-order valence-corrected chi connectivity index (χ0v) is 34.4. The van der Waals surface area contributed by atoms with Gasteiger partial charge in [0.2, 0.25) is 5.79 Å². The van der Waals surface area contributed by atoms with E-state index in [2.05, 4.69) is 33.4 Å². The highest BCUT2D eigenvalue weighted by molar-refractivity contribution is 5.98. The normalized spacial score (nSPS) is 49.5. The van der Waals surface area contributed by atoms with Gasteiger partial charge in [-0.2, -0.15) is 0 Å². The Morgan fingerprint density at radius 2 is 1.66 bits per heavy atom. The first kappa shape index (κ1) is 40.8. The van der Waals surface area contributed by atoms with Crippen LogP contribution < -0.4 is 0 Å². The standard InChI is InChI=1S/C45H67NO10/c1-26-8-7-9-37-42(22-28(3)30(5)25-46-37)15-12-31(34(47)10-11-38(48)49)20-33(42)40-35-19-27(2)21-44(53-35,55-40)24-36-39(50)29(4)23-43(54-36)16-17-45(56-43)41(6,51)14-13-32(18-26)52-45/h20,27-30,32-33,35-36,39-40,50-51H,1,7-19,21-25H2,2-6H3,(H,48,49)/t27-,28-,29-,30-,32-,33+,35+,36-,39-,40-,41+,42+,43-,44-,45+/m0/s1. The molecule has 3 N–H and O–H groups in total. The number of allylic oxidation sites excluding steroid dienone is 1. The molecule has 0 aromatic carbocycles. The summed E-state index contributed by atoms with van der Waals surface area (Å²) in [4.78, 5) is 30.7. The van der Waals surface area contributed by atoms with Crippen molar-refractivity contribution in [2.75, 3.05) is 6.54 Å². The predicted octanol–water partition coefficient (Wildman–Crippen LogP) is 7.21. The monoisotopic (exact) mass is 781 g/mol. The Labute approximate surface area is 333 Å². The number of ketones is 1. The molecule has 11 heteroatoms. The highest BCUT2D eigenvalue weighted by atomic mass is 16.8. The van der Waals surface area contributed by atoms with E-state index in [9.17, 15) is 24.9 Å². The summed E-state index contributed by atoms with van der Waals surface area (Å²) in [5, 5.41) is 33.1. The fourth-order valence-corrected chi connectivity index (χ4v) is 12.3. The van der Waals surface area contributed by atoms with E-state index < -0.39 is 41.1 Å². The van der Waals surface area contributed by atoms with Crippen LogP contribution in [0.5, 0.6) is 0 Å². The topological polar surface area (TPSA) is 153 Å². The third-order valence-corrected chi connectivity index (χ3v) is 15.6. The van der Waals surface area contributed by atoms with Gasteiger partial charge in [0, 0.05) is 62.1 Å². The molecule has 6 fully saturated rings. The van der Waals surface area contributed by atoms with E-state index in [1.165, 1.54) is 5.71 Å². The average Bonchev–Trinajstić information content (AvgIpc) is 3.57. The van der Waals surface area contributed by atoms with Crippen molar-refractivity contribution in [3.05, 3.63) is 23.8 Å². The number of nitrogens with zero attached hydrogens (tertiary/aromatic N) is 1. The molecule has 7 aliphatic heterocycles. The van der Waals surface area contributed by atoms with Gasteiger partial charge in [-0.1, -0.05) is 45.9 Å².